The van der Waals surface area contributed by atoms with E-state index in [2.05, 4.69) is 11.9 Å². The molecule has 1 aliphatic heterocycles. The van der Waals surface area contributed by atoms with E-state index in [-0.39, 0.29) is 11.9 Å². The van der Waals surface area contributed by atoms with E-state index < -0.39 is 0 Å². The minimum Gasteiger partial charge on any atom is -0.313 e. The molecule has 0 spiro atoms. The third kappa shape index (κ3) is 3.49. The normalized spacial score (nSPS) is 18.8. The van der Waals surface area contributed by atoms with Crippen LogP contribution in [0.4, 0.5) is 4.39 Å². The van der Waals surface area contributed by atoms with Crippen LogP contribution in [0, 0.1) is 5.82 Å². The number of rotatable bonds is 3. The van der Waals surface area contributed by atoms with Gasteiger partial charge in [0.1, 0.15) is 5.82 Å². The van der Waals surface area contributed by atoms with Crippen molar-refractivity contribution in [1.82, 2.24) is 9.96 Å². The van der Waals surface area contributed by atoms with Gasteiger partial charge in [-0.15, -0.1) is 0 Å². The van der Waals surface area contributed by atoms with Crippen LogP contribution >= 0.6 is 0 Å². The Balaban J connectivity index is 1.88. The molecule has 0 saturated carbocycles. The first kappa shape index (κ1) is 12.5. The van der Waals surface area contributed by atoms with Gasteiger partial charge in [0, 0.05) is 12.6 Å². The van der Waals surface area contributed by atoms with Crippen molar-refractivity contribution in [2.24, 2.45) is 0 Å². The minimum atomic E-state index is -0.238. The number of piperidine rings is 1. The van der Waals surface area contributed by atoms with Crippen LogP contribution in [-0.2, 0) is 6.54 Å². The lowest BCUT2D eigenvalue weighted by molar-refractivity contribution is -0.146. The Labute approximate surface area is 101 Å². The van der Waals surface area contributed by atoms with E-state index in [0.29, 0.717) is 6.54 Å². The molecular weight excluding hydrogens is 219 g/mol. The van der Waals surface area contributed by atoms with Gasteiger partial charge < -0.3 is 10.1 Å². The molecule has 94 valence electrons. The highest BCUT2D eigenvalue weighted by atomic mass is 19.1. The fourth-order valence-corrected chi connectivity index (χ4v) is 2.20. The molecule has 17 heavy (non-hydrogen) atoms. The average molecular weight is 238 g/mol. The van der Waals surface area contributed by atoms with Crippen LogP contribution in [0.2, 0.25) is 0 Å². The van der Waals surface area contributed by atoms with Gasteiger partial charge in [-0.1, -0.05) is 12.1 Å². The van der Waals surface area contributed by atoms with E-state index in [1.165, 1.54) is 17.2 Å². The van der Waals surface area contributed by atoms with Crippen LogP contribution in [0.5, 0.6) is 0 Å². The van der Waals surface area contributed by atoms with Crippen LogP contribution in [-0.4, -0.2) is 41.3 Å². The van der Waals surface area contributed by atoms with E-state index in [4.69, 9.17) is 0 Å². The van der Waals surface area contributed by atoms with E-state index in [1.807, 2.05) is 0 Å². The first-order valence-electron chi connectivity index (χ1n) is 6.03. The Morgan fingerprint density at radius 3 is 2.47 bits per heavy atom. The minimum absolute atomic E-state index is 0.219. The number of hydrogen-bond donors (Lipinski definition) is 1. The standard InChI is InChI=1S/C13H19FN2O/c1-15-8-6-13(7-9-15)16(17)10-11-2-4-12(14)5-3-11/h2-5,13,17H,6-10H2,1H3. The van der Waals surface area contributed by atoms with Crippen LogP contribution in [0.15, 0.2) is 24.3 Å². The van der Waals surface area contributed by atoms with E-state index in [0.717, 1.165) is 31.5 Å². The Morgan fingerprint density at radius 1 is 1.29 bits per heavy atom. The van der Waals surface area contributed by atoms with Gasteiger partial charge in [0.25, 0.3) is 0 Å². The molecule has 0 radical (unpaired) electrons. The second kappa shape index (κ2) is 5.58. The summed E-state index contributed by atoms with van der Waals surface area (Å²) >= 11 is 0. The average Bonchev–Trinajstić information content (AvgIpc) is 2.33. The summed E-state index contributed by atoms with van der Waals surface area (Å²) in [7, 11) is 2.10. The first-order chi connectivity index (χ1) is 8.15. The summed E-state index contributed by atoms with van der Waals surface area (Å²) in [5, 5.41) is 11.4. The van der Waals surface area contributed by atoms with Gasteiger partial charge in [-0.05, 0) is 50.7 Å². The Morgan fingerprint density at radius 2 is 1.88 bits per heavy atom. The lowest BCUT2D eigenvalue weighted by Gasteiger charge is -2.33. The molecule has 0 aromatic heterocycles. The molecule has 1 heterocycles. The predicted molar refractivity (Wildman–Crippen MR) is 64.2 cm³/mol. The van der Waals surface area contributed by atoms with Gasteiger partial charge in [-0.2, -0.15) is 5.06 Å². The van der Waals surface area contributed by atoms with E-state index in [1.54, 1.807) is 12.1 Å². The summed E-state index contributed by atoms with van der Waals surface area (Å²) in [6, 6.07) is 6.51. The van der Waals surface area contributed by atoms with Crippen molar-refractivity contribution in [3.05, 3.63) is 35.6 Å². The summed E-state index contributed by atoms with van der Waals surface area (Å²) in [5.41, 5.74) is 0.938. The molecule has 1 aliphatic rings. The molecule has 0 amide bonds. The number of hydrogen-bond acceptors (Lipinski definition) is 3. The summed E-state index contributed by atoms with van der Waals surface area (Å²) in [6.45, 7) is 2.50. The molecule has 2 rings (SSSR count). The summed E-state index contributed by atoms with van der Waals surface area (Å²) in [6.07, 6.45) is 1.96. The smallest absolute Gasteiger partial charge is 0.123 e. The molecule has 0 aliphatic carbocycles. The van der Waals surface area contributed by atoms with Crippen molar-refractivity contribution in [3.63, 3.8) is 0 Å². The first-order valence-corrected chi connectivity index (χ1v) is 6.03. The second-order valence-electron chi connectivity index (χ2n) is 4.76. The van der Waals surface area contributed by atoms with Gasteiger partial charge >= 0.3 is 0 Å². The molecule has 1 N–H and O–H groups in total. The van der Waals surface area contributed by atoms with Crippen LogP contribution in [0.3, 0.4) is 0 Å². The molecule has 1 fully saturated rings. The van der Waals surface area contributed by atoms with Crippen LogP contribution in [0.1, 0.15) is 18.4 Å². The number of hydroxylamine groups is 2. The van der Waals surface area contributed by atoms with Crippen molar-refractivity contribution in [2.45, 2.75) is 25.4 Å². The van der Waals surface area contributed by atoms with Gasteiger partial charge in [-0.25, -0.2) is 4.39 Å². The van der Waals surface area contributed by atoms with Gasteiger partial charge in [0.15, 0.2) is 0 Å². The fourth-order valence-electron chi connectivity index (χ4n) is 2.20. The Kier molecular flexibility index (Phi) is 4.10. The van der Waals surface area contributed by atoms with Crippen molar-refractivity contribution in [3.8, 4) is 0 Å². The molecule has 4 heteroatoms. The van der Waals surface area contributed by atoms with Crippen molar-refractivity contribution in [1.29, 1.82) is 0 Å². The van der Waals surface area contributed by atoms with Crippen molar-refractivity contribution in [2.75, 3.05) is 20.1 Å². The van der Waals surface area contributed by atoms with Gasteiger partial charge in [-0.3, -0.25) is 0 Å². The zero-order chi connectivity index (χ0) is 12.3. The van der Waals surface area contributed by atoms with Gasteiger partial charge in [0.2, 0.25) is 0 Å². The number of halogens is 1. The highest BCUT2D eigenvalue weighted by Crippen LogP contribution is 2.16. The van der Waals surface area contributed by atoms with Crippen LogP contribution in [0.25, 0.3) is 0 Å². The third-order valence-electron chi connectivity index (χ3n) is 3.37. The van der Waals surface area contributed by atoms with Crippen LogP contribution < -0.4 is 0 Å². The fraction of sp³-hybridized carbons (Fsp3) is 0.538. The lowest BCUT2D eigenvalue weighted by atomic mass is 10.0. The molecule has 1 aromatic rings. The van der Waals surface area contributed by atoms with Crippen molar-refractivity contribution < 1.29 is 9.60 Å². The lowest BCUT2D eigenvalue weighted by Crippen LogP contribution is -2.41. The summed E-state index contributed by atoms with van der Waals surface area (Å²) in [4.78, 5) is 2.27. The second-order valence-corrected chi connectivity index (χ2v) is 4.76. The summed E-state index contributed by atoms with van der Waals surface area (Å²) in [5.74, 6) is -0.238. The van der Waals surface area contributed by atoms with Gasteiger partial charge in [0.05, 0.1) is 0 Å². The maximum absolute atomic E-state index is 12.7. The highest BCUT2D eigenvalue weighted by Gasteiger charge is 2.21. The molecule has 1 aromatic carbocycles. The Bertz CT molecular complexity index is 347. The van der Waals surface area contributed by atoms with Crippen molar-refractivity contribution >= 4 is 0 Å². The highest BCUT2D eigenvalue weighted by molar-refractivity contribution is 5.15. The largest absolute Gasteiger partial charge is 0.313 e. The number of likely N-dealkylation sites (tertiary alicyclic amines) is 1. The number of nitrogens with zero attached hydrogens (tertiary/aromatic N) is 2. The topological polar surface area (TPSA) is 26.7 Å². The maximum atomic E-state index is 12.7. The molecule has 1 saturated heterocycles. The molecule has 0 unspecified atom stereocenters. The molecule has 3 nitrogen and oxygen atoms in total. The zero-order valence-corrected chi connectivity index (χ0v) is 10.1. The molecule has 0 atom stereocenters. The quantitative estimate of drug-likeness (QED) is 0.817. The third-order valence-corrected chi connectivity index (χ3v) is 3.37. The van der Waals surface area contributed by atoms with E-state index >= 15 is 0 Å². The number of benzene rings is 1. The Hall–Kier alpha value is -0.970. The van der Waals surface area contributed by atoms with E-state index in [9.17, 15) is 9.60 Å². The monoisotopic (exact) mass is 238 g/mol. The predicted octanol–water partition coefficient (Wildman–Crippen LogP) is 2.11. The molecule has 0 bridgehead atoms. The SMILES string of the molecule is CN1CCC(N(O)Cc2ccc(F)cc2)CC1. The summed E-state index contributed by atoms with van der Waals surface area (Å²) < 4.78 is 12.7. The maximum Gasteiger partial charge on any atom is 0.123 e. The zero-order valence-electron chi connectivity index (χ0n) is 10.1. The molecular formula is C13H19FN2O.